The van der Waals surface area contributed by atoms with Crippen LogP contribution in [0.5, 0.6) is 0 Å². The van der Waals surface area contributed by atoms with Crippen molar-refractivity contribution in [1.29, 1.82) is 0 Å². The van der Waals surface area contributed by atoms with Crippen molar-refractivity contribution in [1.82, 2.24) is 5.32 Å². The number of nitrogens with zero attached hydrogens (tertiary/aromatic N) is 1. The highest BCUT2D eigenvalue weighted by Crippen LogP contribution is 2.23. The van der Waals surface area contributed by atoms with Crippen molar-refractivity contribution in [2.75, 3.05) is 24.0 Å². The summed E-state index contributed by atoms with van der Waals surface area (Å²) < 4.78 is 45.7. The summed E-state index contributed by atoms with van der Waals surface area (Å²) in [4.78, 5) is 12.4. The van der Waals surface area contributed by atoms with Crippen LogP contribution < -0.4 is 9.62 Å². The lowest BCUT2D eigenvalue weighted by atomic mass is 10.3. The quantitative estimate of drug-likeness (QED) is 0.614. The van der Waals surface area contributed by atoms with Gasteiger partial charge in [-0.1, -0.05) is 18.2 Å². The fourth-order valence-corrected chi connectivity index (χ4v) is 3.89. The molecule has 1 amide bonds. The molecule has 0 radical (unpaired) electrons. The average Bonchev–Trinajstić information content (AvgIpc) is 2.67. The molecular weight excluding hydrogens is 383 g/mol. The molecule has 0 atom stereocenters. The standard InChI is InChI=1S/C20H25FN2O4S/c1-16(2)27-14-6-13-22-20(24)15-23(18-11-9-17(21)10-12-18)28(25,26)19-7-4-3-5-8-19/h3-5,7-12,16H,6,13-15H2,1-2H3,(H,22,24). The van der Waals surface area contributed by atoms with Crippen molar-refractivity contribution < 1.29 is 22.3 Å². The Labute approximate surface area is 165 Å². The van der Waals surface area contributed by atoms with Gasteiger partial charge in [-0.25, -0.2) is 12.8 Å². The van der Waals surface area contributed by atoms with E-state index < -0.39 is 28.3 Å². The predicted octanol–water partition coefficient (Wildman–Crippen LogP) is 2.95. The molecule has 6 nitrogen and oxygen atoms in total. The maximum absolute atomic E-state index is 13.3. The van der Waals surface area contributed by atoms with Gasteiger partial charge in [0.2, 0.25) is 5.91 Å². The highest BCUT2D eigenvalue weighted by atomic mass is 32.2. The Balaban J connectivity index is 2.13. The molecule has 0 fully saturated rings. The maximum Gasteiger partial charge on any atom is 0.264 e. The summed E-state index contributed by atoms with van der Waals surface area (Å²) in [5.41, 5.74) is 0.212. The largest absolute Gasteiger partial charge is 0.379 e. The molecule has 0 unspecified atom stereocenters. The Morgan fingerprint density at radius 3 is 2.36 bits per heavy atom. The fourth-order valence-electron chi connectivity index (χ4n) is 2.45. The number of rotatable bonds is 10. The molecule has 0 heterocycles. The van der Waals surface area contributed by atoms with Crippen LogP contribution in [0.2, 0.25) is 0 Å². The van der Waals surface area contributed by atoms with Crippen molar-refractivity contribution in [3.8, 4) is 0 Å². The van der Waals surface area contributed by atoms with Crippen LogP contribution in [-0.4, -0.2) is 40.1 Å². The zero-order valence-electron chi connectivity index (χ0n) is 16.0. The molecule has 1 N–H and O–H groups in total. The number of amides is 1. The molecule has 0 spiro atoms. The third kappa shape index (κ3) is 6.31. The second kappa shape index (κ2) is 10.2. The molecule has 2 rings (SSSR count). The smallest absolute Gasteiger partial charge is 0.264 e. The molecular formula is C20H25FN2O4S. The molecule has 0 saturated carbocycles. The van der Waals surface area contributed by atoms with Gasteiger partial charge in [0.15, 0.2) is 0 Å². The van der Waals surface area contributed by atoms with Gasteiger partial charge in [-0.15, -0.1) is 0 Å². The molecule has 0 aliphatic carbocycles. The zero-order valence-corrected chi connectivity index (χ0v) is 16.8. The molecule has 0 aromatic heterocycles. The van der Waals surface area contributed by atoms with Crippen LogP contribution in [-0.2, 0) is 19.6 Å². The Bertz CT molecular complexity index is 856. The normalized spacial score (nSPS) is 11.4. The van der Waals surface area contributed by atoms with Gasteiger partial charge >= 0.3 is 0 Å². The number of ether oxygens (including phenoxy) is 1. The third-order valence-electron chi connectivity index (χ3n) is 3.83. The van der Waals surface area contributed by atoms with E-state index >= 15 is 0 Å². The highest BCUT2D eigenvalue weighted by Gasteiger charge is 2.27. The Hall–Kier alpha value is -2.45. The predicted molar refractivity (Wildman–Crippen MR) is 106 cm³/mol. The summed E-state index contributed by atoms with van der Waals surface area (Å²) in [5.74, 6) is -0.941. The van der Waals surface area contributed by atoms with Gasteiger partial charge in [0, 0.05) is 13.2 Å². The van der Waals surface area contributed by atoms with Crippen molar-refractivity contribution in [2.45, 2.75) is 31.3 Å². The van der Waals surface area contributed by atoms with E-state index in [1.165, 1.54) is 24.3 Å². The molecule has 152 valence electrons. The lowest BCUT2D eigenvalue weighted by Gasteiger charge is -2.24. The number of hydrogen-bond acceptors (Lipinski definition) is 4. The van der Waals surface area contributed by atoms with Gasteiger partial charge in [-0.3, -0.25) is 9.10 Å². The van der Waals surface area contributed by atoms with Crippen LogP contribution in [0.25, 0.3) is 0 Å². The van der Waals surface area contributed by atoms with Gasteiger partial charge in [-0.2, -0.15) is 0 Å². The molecule has 2 aromatic carbocycles. The first-order valence-corrected chi connectivity index (χ1v) is 10.5. The molecule has 28 heavy (non-hydrogen) atoms. The van der Waals surface area contributed by atoms with Crippen LogP contribution in [0.4, 0.5) is 10.1 Å². The van der Waals surface area contributed by atoms with Gasteiger partial charge in [-0.05, 0) is 56.7 Å². The summed E-state index contributed by atoms with van der Waals surface area (Å²) in [6, 6.07) is 12.8. The molecule has 0 bridgehead atoms. The number of hydrogen-bond donors (Lipinski definition) is 1. The van der Waals surface area contributed by atoms with E-state index in [9.17, 15) is 17.6 Å². The number of anilines is 1. The summed E-state index contributed by atoms with van der Waals surface area (Å²) in [7, 11) is -3.98. The number of carbonyl (C=O) groups excluding carboxylic acids is 1. The average molecular weight is 408 g/mol. The Kier molecular flexibility index (Phi) is 7.95. The minimum Gasteiger partial charge on any atom is -0.379 e. The van der Waals surface area contributed by atoms with Crippen molar-refractivity contribution >= 4 is 21.6 Å². The Morgan fingerprint density at radius 2 is 1.75 bits per heavy atom. The second-order valence-corrected chi connectivity index (χ2v) is 8.29. The van der Waals surface area contributed by atoms with Gasteiger partial charge < -0.3 is 10.1 Å². The molecule has 0 saturated heterocycles. The van der Waals surface area contributed by atoms with Crippen molar-refractivity contribution in [3.05, 3.63) is 60.4 Å². The van der Waals surface area contributed by atoms with E-state index in [0.29, 0.717) is 19.6 Å². The molecule has 0 aliphatic rings. The van der Waals surface area contributed by atoms with Gasteiger partial charge in [0.25, 0.3) is 10.0 Å². The summed E-state index contributed by atoms with van der Waals surface area (Å²) in [6.07, 6.45) is 0.729. The van der Waals surface area contributed by atoms with Crippen LogP contribution in [0.1, 0.15) is 20.3 Å². The van der Waals surface area contributed by atoms with E-state index in [0.717, 1.165) is 16.4 Å². The zero-order chi connectivity index (χ0) is 20.6. The van der Waals surface area contributed by atoms with Crippen LogP contribution in [0.3, 0.4) is 0 Å². The monoisotopic (exact) mass is 408 g/mol. The van der Waals surface area contributed by atoms with Crippen molar-refractivity contribution in [2.24, 2.45) is 0 Å². The molecule has 8 heteroatoms. The summed E-state index contributed by atoms with van der Waals surface area (Å²) in [5, 5.41) is 2.69. The SMILES string of the molecule is CC(C)OCCCNC(=O)CN(c1ccc(F)cc1)S(=O)(=O)c1ccccc1. The van der Waals surface area contributed by atoms with Crippen LogP contribution >= 0.6 is 0 Å². The molecule has 0 aliphatic heterocycles. The molecule has 2 aromatic rings. The lowest BCUT2D eigenvalue weighted by Crippen LogP contribution is -2.41. The number of benzene rings is 2. The van der Waals surface area contributed by atoms with Crippen molar-refractivity contribution in [3.63, 3.8) is 0 Å². The van der Waals surface area contributed by atoms with E-state index in [4.69, 9.17) is 4.74 Å². The number of nitrogens with one attached hydrogen (secondary N) is 1. The van der Waals surface area contributed by atoms with Crippen LogP contribution in [0.15, 0.2) is 59.5 Å². The third-order valence-corrected chi connectivity index (χ3v) is 5.62. The number of halogens is 1. The van der Waals surface area contributed by atoms with E-state index in [1.54, 1.807) is 18.2 Å². The van der Waals surface area contributed by atoms with Gasteiger partial charge in [0.1, 0.15) is 12.4 Å². The number of carbonyl (C=O) groups is 1. The summed E-state index contributed by atoms with van der Waals surface area (Å²) in [6.45, 7) is 4.31. The van der Waals surface area contributed by atoms with E-state index in [-0.39, 0.29) is 16.7 Å². The first-order chi connectivity index (χ1) is 13.3. The maximum atomic E-state index is 13.3. The lowest BCUT2D eigenvalue weighted by molar-refractivity contribution is -0.119. The topological polar surface area (TPSA) is 75.7 Å². The fraction of sp³-hybridized carbons (Fsp3) is 0.350. The Morgan fingerprint density at radius 1 is 1.11 bits per heavy atom. The number of sulfonamides is 1. The first kappa shape index (κ1) is 21.8. The van der Waals surface area contributed by atoms with Crippen LogP contribution in [0, 0.1) is 5.82 Å². The first-order valence-electron chi connectivity index (χ1n) is 9.02. The minimum absolute atomic E-state index is 0.0532. The highest BCUT2D eigenvalue weighted by molar-refractivity contribution is 7.92. The summed E-state index contributed by atoms with van der Waals surface area (Å²) >= 11 is 0. The van der Waals surface area contributed by atoms with E-state index in [1.807, 2.05) is 13.8 Å². The second-order valence-electron chi connectivity index (χ2n) is 6.42. The van der Waals surface area contributed by atoms with E-state index in [2.05, 4.69) is 5.32 Å². The van der Waals surface area contributed by atoms with Gasteiger partial charge in [0.05, 0.1) is 16.7 Å². The minimum atomic E-state index is -3.98.